The van der Waals surface area contributed by atoms with Crippen LogP contribution in [0.1, 0.15) is 74.7 Å². The number of hydrogen-bond acceptors (Lipinski definition) is 4. The second kappa shape index (κ2) is 6.48. The predicted molar refractivity (Wildman–Crippen MR) is 97.1 cm³/mol. The van der Waals surface area contributed by atoms with Gasteiger partial charge in [0, 0.05) is 5.41 Å². The van der Waals surface area contributed by atoms with Gasteiger partial charge in [0.05, 0.1) is 0 Å². The van der Waals surface area contributed by atoms with Crippen molar-refractivity contribution in [3.63, 3.8) is 0 Å². The Morgan fingerprint density at radius 2 is 1.76 bits per heavy atom. The van der Waals surface area contributed by atoms with Gasteiger partial charge in [-0.1, -0.05) is 34.6 Å². The quantitative estimate of drug-likeness (QED) is 0.766. The van der Waals surface area contributed by atoms with Crippen molar-refractivity contribution >= 4 is 12.1 Å². The molecular formula is C20H35NO4. The third kappa shape index (κ3) is 3.80. The summed E-state index contributed by atoms with van der Waals surface area (Å²) in [4.78, 5) is 24.8. The summed E-state index contributed by atoms with van der Waals surface area (Å²) in [6, 6.07) is -0.694. The average molecular weight is 354 g/mol. The first-order valence-corrected chi connectivity index (χ1v) is 9.48. The van der Waals surface area contributed by atoms with Crippen LogP contribution in [0.4, 0.5) is 4.79 Å². The van der Waals surface area contributed by atoms with Crippen molar-refractivity contribution in [3.8, 4) is 0 Å². The molecule has 2 bridgehead atoms. The van der Waals surface area contributed by atoms with Gasteiger partial charge >= 0.3 is 12.1 Å². The van der Waals surface area contributed by atoms with Crippen LogP contribution >= 0.6 is 0 Å². The highest BCUT2D eigenvalue weighted by Crippen LogP contribution is 2.66. The van der Waals surface area contributed by atoms with E-state index in [4.69, 9.17) is 9.47 Å². The maximum absolute atomic E-state index is 12.8. The Hall–Kier alpha value is -1.26. The third-order valence-corrected chi connectivity index (χ3v) is 6.57. The van der Waals surface area contributed by atoms with E-state index in [1.165, 1.54) is 6.42 Å². The molecule has 144 valence electrons. The molecule has 0 saturated heterocycles. The highest BCUT2D eigenvalue weighted by molar-refractivity contribution is 5.82. The van der Waals surface area contributed by atoms with Gasteiger partial charge in [0.2, 0.25) is 0 Å². The first kappa shape index (κ1) is 20.1. The number of esters is 1. The van der Waals surface area contributed by atoms with Gasteiger partial charge in [-0.25, -0.2) is 9.59 Å². The SMILES string of the molecule is CC(C)[C@H](NC(=O)OC(C)(C)C)C(=O)O[C@@H]1C[C@@H]2CC[C@@]1(C)C2(C)C. The van der Waals surface area contributed by atoms with E-state index < -0.39 is 17.7 Å². The van der Waals surface area contributed by atoms with E-state index in [0.29, 0.717) is 5.92 Å². The second-order valence-electron chi connectivity index (χ2n) is 9.90. The molecule has 0 aromatic carbocycles. The Labute approximate surface area is 152 Å². The fourth-order valence-electron chi connectivity index (χ4n) is 4.45. The molecule has 4 atom stereocenters. The van der Waals surface area contributed by atoms with Crippen LogP contribution in [0.15, 0.2) is 0 Å². The minimum atomic E-state index is -0.694. The Balaban J connectivity index is 2.03. The minimum absolute atomic E-state index is 0.0147. The molecule has 0 heterocycles. The Bertz CT molecular complexity index is 534. The topological polar surface area (TPSA) is 64.6 Å². The lowest BCUT2D eigenvalue weighted by atomic mass is 9.70. The molecule has 5 heteroatoms. The van der Waals surface area contributed by atoms with E-state index >= 15 is 0 Å². The Morgan fingerprint density at radius 1 is 1.16 bits per heavy atom. The molecule has 1 amide bonds. The Kier molecular flexibility index (Phi) is 5.20. The van der Waals surface area contributed by atoms with Gasteiger partial charge in [0.1, 0.15) is 17.7 Å². The van der Waals surface area contributed by atoms with Gasteiger partial charge in [-0.2, -0.15) is 0 Å². The number of carbonyl (C=O) groups excluding carboxylic acids is 2. The summed E-state index contributed by atoms with van der Waals surface area (Å²) in [7, 11) is 0. The number of amides is 1. The number of ether oxygens (including phenoxy) is 2. The third-order valence-electron chi connectivity index (χ3n) is 6.57. The summed E-state index contributed by atoms with van der Waals surface area (Å²) in [5.74, 6) is 0.182. The Morgan fingerprint density at radius 3 is 2.16 bits per heavy atom. The molecular weight excluding hydrogens is 318 g/mol. The van der Waals surface area contributed by atoms with Gasteiger partial charge in [-0.15, -0.1) is 0 Å². The standard InChI is InChI=1S/C20H35NO4/c1-12(2)15(21-17(23)25-18(3,4)5)16(22)24-14-11-13-9-10-20(14,8)19(13,6)7/h12-15H,9-11H2,1-8H3,(H,21,23)/t13-,14+,15-,20+/m0/s1. The molecule has 0 spiro atoms. The minimum Gasteiger partial charge on any atom is -0.460 e. The summed E-state index contributed by atoms with van der Waals surface area (Å²) in [6.45, 7) is 16.0. The second-order valence-corrected chi connectivity index (χ2v) is 9.90. The molecule has 2 fully saturated rings. The van der Waals surface area contributed by atoms with Crippen LogP contribution in [-0.2, 0) is 14.3 Å². The van der Waals surface area contributed by atoms with Crippen molar-refractivity contribution in [1.29, 1.82) is 0 Å². The van der Waals surface area contributed by atoms with E-state index in [2.05, 4.69) is 26.1 Å². The fraction of sp³-hybridized carbons (Fsp3) is 0.900. The van der Waals surface area contributed by atoms with Gasteiger partial charge in [0.15, 0.2) is 0 Å². The van der Waals surface area contributed by atoms with Crippen LogP contribution < -0.4 is 5.32 Å². The van der Waals surface area contributed by atoms with E-state index in [9.17, 15) is 9.59 Å². The highest BCUT2D eigenvalue weighted by Gasteiger charge is 2.63. The number of nitrogens with one attached hydrogen (secondary N) is 1. The van der Waals surface area contributed by atoms with Crippen molar-refractivity contribution in [2.24, 2.45) is 22.7 Å². The maximum Gasteiger partial charge on any atom is 0.408 e. The molecule has 2 aliphatic rings. The van der Waals surface area contributed by atoms with Crippen LogP contribution in [-0.4, -0.2) is 29.8 Å². The largest absolute Gasteiger partial charge is 0.460 e. The molecule has 5 nitrogen and oxygen atoms in total. The molecule has 2 aliphatic carbocycles. The zero-order valence-electron chi connectivity index (χ0n) is 17.1. The monoisotopic (exact) mass is 353 g/mol. The van der Waals surface area contributed by atoms with Crippen LogP contribution in [0.3, 0.4) is 0 Å². The number of hydrogen-bond donors (Lipinski definition) is 1. The smallest absolute Gasteiger partial charge is 0.408 e. The van der Waals surface area contributed by atoms with Gasteiger partial charge in [-0.3, -0.25) is 0 Å². The van der Waals surface area contributed by atoms with Crippen molar-refractivity contribution in [1.82, 2.24) is 5.32 Å². The summed E-state index contributed by atoms with van der Waals surface area (Å²) < 4.78 is 11.2. The molecule has 1 N–H and O–H groups in total. The lowest BCUT2D eigenvalue weighted by Gasteiger charge is -2.39. The molecule has 0 aliphatic heterocycles. The molecule has 25 heavy (non-hydrogen) atoms. The lowest BCUT2D eigenvalue weighted by Crippen LogP contribution is -2.49. The summed E-state index contributed by atoms with van der Waals surface area (Å²) in [5.41, 5.74) is -0.401. The summed E-state index contributed by atoms with van der Waals surface area (Å²) >= 11 is 0. The van der Waals surface area contributed by atoms with E-state index in [-0.39, 0.29) is 28.8 Å². The number of fused-ring (bicyclic) bond motifs is 2. The maximum atomic E-state index is 12.8. The van der Waals surface area contributed by atoms with Gasteiger partial charge in [-0.05, 0) is 57.3 Å². The molecule has 2 rings (SSSR count). The van der Waals surface area contributed by atoms with Crippen LogP contribution in [0.25, 0.3) is 0 Å². The molecule has 0 radical (unpaired) electrons. The number of carbonyl (C=O) groups is 2. The lowest BCUT2D eigenvalue weighted by molar-refractivity contribution is -0.160. The molecule has 0 aromatic rings. The van der Waals surface area contributed by atoms with Crippen molar-refractivity contribution in [2.45, 2.75) is 92.4 Å². The van der Waals surface area contributed by atoms with E-state index in [1.54, 1.807) is 20.8 Å². The van der Waals surface area contributed by atoms with Gasteiger partial charge in [0.25, 0.3) is 0 Å². The average Bonchev–Trinajstić information content (AvgIpc) is 2.75. The van der Waals surface area contributed by atoms with Crippen LogP contribution in [0.5, 0.6) is 0 Å². The highest BCUT2D eigenvalue weighted by atomic mass is 16.6. The predicted octanol–water partition coefficient (Wildman–Crippen LogP) is 4.29. The van der Waals surface area contributed by atoms with Crippen LogP contribution in [0.2, 0.25) is 0 Å². The summed E-state index contributed by atoms with van der Waals surface area (Å²) in [6.07, 6.45) is 2.57. The zero-order valence-corrected chi connectivity index (χ0v) is 17.1. The number of alkyl carbamates (subject to hydrolysis) is 1. The summed E-state index contributed by atoms with van der Waals surface area (Å²) in [5, 5.41) is 2.69. The first-order chi connectivity index (χ1) is 11.3. The van der Waals surface area contributed by atoms with E-state index in [0.717, 1.165) is 12.8 Å². The van der Waals surface area contributed by atoms with Crippen LogP contribution in [0, 0.1) is 22.7 Å². The van der Waals surface area contributed by atoms with E-state index in [1.807, 2.05) is 13.8 Å². The van der Waals surface area contributed by atoms with Crippen molar-refractivity contribution in [3.05, 3.63) is 0 Å². The van der Waals surface area contributed by atoms with Crippen molar-refractivity contribution < 1.29 is 19.1 Å². The molecule has 0 unspecified atom stereocenters. The zero-order chi connectivity index (χ0) is 19.2. The van der Waals surface area contributed by atoms with Gasteiger partial charge < -0.3 is 14.8 Å². The fourth-order valence-corrected chi connectivity index (χ4v) is 4.45. The number of rotatable bonds is 4. The van der Waals surface area contributed by atoms with Crippen molar-refractivity contribution in [2.75, 3.05) is 0 Å². The first-order valence-electron chi connectivity index (χ1n) is 9.48. The normalized spacial score (nSPS) is 31.7. The molecule has 0 aromatic heterocycles. The molecule has 2 saturated carbocycles.